The zero-order valence-corrected chi connectivity index (χ0v) is 33.4. The van der Waals surface area contributed by atoms with Gasteiger partial charge >= 0.3 is 0 Å². The molecule has 0 amide bonds. The van der Waals surface area contributed by atoms with Crippen LogP contribution in [0.1, 0.15) is 51.2 Å². The third-order valence-corrected chi connectivity index (χ3v) is 9.31. The summed E-state index contributed by atoms with van der Waals surface area (Å²) in [5.41, 5.74) is 4.18. The van der Waals surface area contributed by atoms with Gasteiger partial charge in [-0.3, -0.25) is 0 Å². The van der Waals surface area contributed by atoms with Crippen LogP contribution in [0.25, 0.3) is 34.5 Å². The largest absolute Gasteiger partial charge is 0.324 e. The molecule has 29 nitrogen and oxygen atoms in total. The third kappa shape index (κ3) is 6.10. The summed E-state index contributed by atoms with van der Waals surface area (Å²) in [5, 5.41) is 96.5. The van der Waals surface area contributed by atoms with E-state index < -0.39 is 0 Å². The molecule has 10 aromatic rings. The summed E-state index contributed by atoms with van der Waals surface area (Å²) in [7, 11) is 0. The van der Waals surface area contributed by atoms with E-state index >= 15 is 0 Å². The molecule has 0 spiro atoms. The summed E-state index contributed by atoms with van der Waals surface area (Å²) in [6.45, 7) is 10.5. The Morgan fingerprint density at radius 3 is 1.14 bits per heavy atom. The van der Waals surface area contributed by atoms with Gasteiger partial charge in [0, 0.05) is 6.07 Å². The number of nitrogens with zero attached hydrogens (tertiary/aromatic N) is 26. The van der Waals surface area contributed by atoms with Gasteiger partial charge in [0.25, 0.3) is 5.95 Å². The normalized spacial score (nSPS) is 12.0. The van der Waals surface area contributed by atoms with Crippen LogP contribution in [0.15, 0.2) is 55.3 Å². The van der Waals surface area contributed by atoms with Crippen molar-refractivity contribution < 1.29 is 0 Å². The molecule has 0 radical (unpaired) electrons. The smallest absolute Gasteiger partial charge is 0.256 e. The molecule has 0 saturated heterocycles. The lowest BCUT2D eigenvalue weighted by molar-refractivity contribution is 0.746. The first kappa shape index (κ1) is 37.3. The summed E-state index contributed by atoms with van der Waals surface area (Å²) >= 11 is 0. The highest BCUT2D eigenvalue weighted by Crippen LogP contribution is 2.33. The average molecular weight is 840 g/mol. The highest BCUT2D eigenvalue weighted by molar-refractivity contribution is 5.68. The molecule has 0 aliphatic carbocycles. The zero-order chi connectivity index (χ0) is 43.7. The molecule has 3 N–H and O–H groups in total. The topological polar surface area (TPSA) is 363 Å². The van der Waals surface area contributed by atoms with Gasteiger partial charge in [-0.25, -0.2) is 0 Å². The molecular weight excluding hydrogens is 815 g/mol. The third-order valence-electron chi connectivity index (χ3n) is 9.31. The van der Waals surface area contributed by atoms with Crippen LogP contribution in [-0.2, 0) is 0 Å². The molecule has 0 fully saturated rings. The van der Waals surface area contributed by atoms with Gasteiger partial charge in [-0.05, 0) is 41.5 Å². The van der Waals surface area contributed by atoms with E-state index in [2.05, 4.69) is 110 Å². The number of aryl methyl sites for hydroxylation is 6. The predicted molar refractivity (Wildman–Crippen MR) is 211 cm³/mol. The minimum Gasteiger partial charge on any atom is -0.324 e. The Labute approximate surface area is 349 Å². The molecule has 0 aromatic carbocycles. The van der Waals surface area contributed by atoms with E-state index in [4.69, 9.17) is 9.97 Å². The SMILES string of the molecule is Cc1nn2nc(C)c(N=Nc3c(C#N)cnn3-c3cc(-n4ncc(C#N)c4N=Nc4c(C)nn5nc(C)[nH]c45)nc(-n4ncc(C#N)c4N=Nc4c(C)nn5nc(C)[nH]c45)n3)c2[nH]1. The molecule has 0 aliphatic rings. The summed E-state index contributed by atoms with van der Waals surface area (Å²) in [6.07, 6.45) is 3.85. The number of hydrogen-bond donors (Lipinski definition) is 3. The Bertz CT molecular complexity index is 3300. The molecule has 63 heavy (non-hydrogen) atoms. The maximum atomic E-state index is 10.2. The second kappa shape index (κ2) is 14.1. The fourth-order valence-electron chi connectivity index (χ4n) is 6.48. The van der Waals surface area contributed by atoms with Crippen molar-refractivity contribution in [1.29, 1.82) is 15.8 Å². The van der Waals surface area contributed by atoms with Gasteiger partial charge in [-0.1, -0.05) is 0 Å². The Balaban J connectivity index is 1.16. The van der Waals surface area contributed by atoms with Crippen molar-refractivity contribution in [3.05, 3.63) is 75.9 Å². The van der Waals surface area contributed by atoms with Crippen molar-refractivity contribution >= 4 is 51.5 Å². The van der Waals surface area contributed by atoms with Gasteiger partial charge in [0.1, 0.15) is 52.4 Å². The first-order chi connectivity index (χ1) is 30.5. The number of nitrogens with one attached hydrogen (secondary N) is 3. The second-order valence-electron chi connectivity index (χ2n) is 13.6. The molecule has 10 rings (SSSR count). The highest BCUT2D eigenvalue weighted by atomic mass is 15.5. The molecule has 306 valence electrons. The average Bonchev–Trinajstić information content (AvgIpc) is 4.14. The quantitative estimate of drug-likeness (QED) is 0.163. The maximum absolute atomic E-state index is 10.2. The number of nitriles is 3. The zero-order valence-electron chi connectivity index (χ0n) is 33.4. The summed E-state index contributed by atoms with van der Waals surface area (Å²) < 4.78 is 7.86. The van der Waals surface area contributed by atoms with Crippen LogP contribution in [0.3, 0.4) is 0 Å². The first-order valence-electron chi connectivity index (χ1n) is 18.4. The van der Waals surface area contributed by atoms with Crippen LogP contribution in [-0.4, -0.2) is 98.7 Å². The predicted octanol–water partition coefficient (Wildman–Crippen LogP) is 4.86. The van der Waals surface area contributed by atoms with Crippen molar-refractivity contribution in [2.75, 3.05) is 0 Å². The van der Waals surface area contributed by atoms with Crippen molar-refractivity contribution in [1.82, 2.24) is 98.7 Å². The van der Waals surface area contributed by atoms with E-state index in [1.54, 1.807) is 41.5 Å². The summed E-state index contributed by atoms with van der Waals surface area (Å²) in [4.78, 5) is 18.8. The van der Waals surface area contributed by atoms with E-state index in [0.717, 1.165) is 0 Å². The van der Waals surface area contributed by atoms with Crippen LogP contribution >= 0.6 is 0 Å². The maximum Gasteiger partial charge on any atom is 0.256 e. The Hall–Kier alpha value is -9.98. The second-order valence-corrected chi connectivity index (χ2v) is 13.6. The van der Waals surface area contributed by atoms with Crippen LogP contribution in [0.5, 0.6) is 0 Å². The van der Waals surface area contributed by atoms with Crippen molar-refractivity contribution in [3.63, 3.8) is 0 Å². The molecule has 0 aliphatic heterocycles. The fraction of sp³-hybridized carbons (Fsp3) is 0.176. The number of azo groups is 3. The molecule has 10 heterocycles. The first-order valence-corrected chi connectivity index (χ1v) is 18.4. The fourth-order valence-corrected chi connectivity index (χ4v) is 6.48. The van der Waals surface area contributed by atoms with Gasteiger partial charge in [0.15, 0.2) is 63.1 Å². The van der Waals surface area contributed by atoms with E-state index in [1.807, 2.05) is 0 Å². The monoisotopic (exact) mass is 839 g/mol. The Kier molecular flexibility index (Phi) is 8.34. The molecule has 0 unspecified atom stereocenters. The molecule has 0 saturated carbocycles. The number of fused-ring (bicyclic) bond motifs is 3. The lowest BCUT2D eigenvalue weighted by Gasteiger charge is -2.10. The van der Waals surface area contributed by atoms with Crippen LogP contribution in [0, 0.1) is 75.5 Å². The molecular formula is C34H25N29. The van der Waals surface area contributed by atoms with Crippen molar-refractivity contribution in [2.45, 2.75) is 41.5 Å². The number of rotatable bonds is 9. The number of aromatic nitrogens is 20. The minimum atomic E-state index is -0.176. The van der Waals surface area contributed by atoms with Crippen molar-refractivity contribution in [3.8, 4) is 35.8 Å². The number of hydrogen-bond acceptors (Lipinski definition) is 20. The Morgan fingerprint density at radius 1 is 0.460 bits per heavy atom. The number of aromatic amines is 3. The lowest BCUT2D eigenvalue weighted by Crippen LogP contribution is -2.11. The van der Waals surface area contributed by atoms with E-state index in [9.17, 15) is 15.8 Å². The summed E-state index contributed by atoms with van der Waals surface area (Å²) in [6, 6.07) is 7.72. The van der Waals surface area contributed by atoms with Gasteiger partial charge in [-0.2, -0.15) is 70.4 Å². The van der Waals surface area contributed by atoms with Gasteiger partial charge in [0.05, 0.1) is 35.7 Å². The highest BCUT2D eigenvalue weighted by Gasteiger charge is 2.24. The molecule has 10 aromatic heterocycles. The number of H-pyrrole nitrogens is 3. The molecule has 0 bridgehead atoms. The summed E-state index contributed by atoms with van der Waals surface area (Å²) in [5.74, 6) is 1.54. The molecule has 0 atom stereocenters. The van der Waals surface area contributed by atoms with Gasteiger partial charge in [0.2, 0.25) is 0 Å². The van der Waals surface area contributed by atoms with Crippen LogP contribution < -0.4 is 0 Å². The standard InChI is InChI=1S/C34H25N29/c1-14-25(31-41-17(4)55-61(31)52-14)46-49-28-20(8-35)11-38-58(28)23-7-24(59-29(21(9-36)12-39-59)50-47-26-15(2)53-62-32(26)42-18(5)56-62)45-34(44-23)60-30(22(10-37)13-40-60)51-48-27-16(3)54-63-33(27)43-19(6)57-63/h7,11-13H,1-6H3,(H,41,55)(H,42,56)(H,43,57). The van der Waals surface area contributed by atoms with E-state index in [0.29, 0.717) is 68.6 Å². The lowest BCUT2D eigenvalue weighted by atomic mass is 10.3. The van der Waals surface area contributed by atoms with E-state index in [-0.39, 0.29) is 51.7 Å². The van der Waals surface area contributed by atoms with Crippen LogP contribution in [0.2, 0.25) is 0 Å². The van der Waals surface area contributed by atoms with Crippen LogP contribution in [0.4, 0.5) is 34.5 Å². The Morgan fingerprint density at radius 2 is 0.794 bits per heavy atom. The van der Waals surface area contributed by atoms with Gasteiger partial charge < -0.3 is 15.0 Å². The van der Waals surface area contributed by atoms with Gasteiger partial charge in [-0.15, -0.1) is 59.9 Å². The van der Waals surface area contributed by atoms with Crippen molar-refractivity contribution in [2.24, 2.45) is 30.7 Å². The minimum absolute atomic E-state index is 0.0118. The molecule has 29 heteroatoms. The van der Waals surface area contributed by atoms with E-state index in [1.165, 1.54) is 52.6 Å².